The Balaban J connectivity index is 2.17. The van der Waals surface area contributed by atoms with Gasteiger partial charge >= 0.3 is 0 Å². The van der Waals surface area contributed by atoms with Gasteiger partial charge in [-0.3, -0.25) is 4.79 Å². The zero-order valence-corrected chi connectivity index (χ0v) is 12.6. The maximum absolute atomic E-state index is 12.3. The molecule has 0 aliphatic rings. The SMILES string of the molecule is Cc1cccn(CCS(=O)(=O)c2ccc(CN)cc2)c1=O. The fourth-order valence-corrected chi connectivity index (χ4v) is 3.23. The molecular weight excluding hydrogens is 288 g/mol. The number of sulfone groups is 1. The van der Waals surface area contributed by atoms with E-state index in [9.17, 15) is 13.2 Å². The van der Waals surface area contributed by atoms with Gasteiger partial charge in [-0.15, -0.1) is 0 Å². The first-order chi connectivity index (χ1) is 9.94. The first kappa shape index (κ1) is 15.5. The second-order valence-electron chi connectivity index (χ2n) is 4.86. The summed E-state index contributed by atoms with van der Waals surface area (Å²) < 4.78 is 25.9. The van der Waals surface area contributed by atoms with E-state index in [-0.39, 0.29) is 22.8 Å². The first-order valence-corrected chi connectivity index (χ1v) is 8.27. The van der Waals surface area contributed by atoms with Crippen molar-refractivity contribution in [1.29, 1.82) is 0 Å². The number of rotatable bonds is 5. The van der Waals surface area contributed by atoms with Gasteiger partial charge in [-0.2, -0.15) is 0 Å². The molecule has 5 nitrogen and oxygen atoms in total. The molecule has 1 aromatic heterocycles. The fraction of sp³-hybridized carbons (Fsp3) is 0.267. The van der Waals surface area contributed by atoms with E-state index in [0.29, 0.717) is 12.1 Å². The largest absolute Gasteiger partial charge is 0.326 e. The molecular formula is C15H18N2O3S. The summed E-state index contributed by atoms with van der Waals surface area (Å²) in [6.07, 6.45) is 1.60. The van der Waals surface area contributed by atoms with E-state index >= 15 is 0 Å². The molecule has 2 rings (SSSR count). The van der Waals surface area contributed by atoms with Crippen molar-refractivity contribution in [1.82, 2.24) is 4.57 Å². The molecule has 0 amide bonds. The monoisotopic (exact) mass is 306 g/mol. The first-order valence-electron chi connectivity index (χ1n) is 6.62. The predicted octanol–water partition coefficient (Wildman–Crippen LogP) is 1.09. The second-order valence-corrected chi connectivity index (χ2v) is 6.97. The molecule has 0 unspecified atom stereocenters. The minimum atomic E-state index is -3.41. The van der Waals surface area contributed by atoms with Crippen LogP contribution in [0.5, 0.6) is 0 Å². The third-order valence-electron chi connectivity index (χ3n) is 3.33. The number of nitrogens with two attached hydrogens (primary N) is 1. The third-order valence-corrected chi connectivity index (χ3v) is 5.04. The van der Waals surface area contributed by atoms with Crippen molar-refractivity contribution in [2.45, 2.75) is 24.9 Å². The highest BCUT2D eigenvalue weighted by atomic mass is 32.2. The van der Waals surface area contributed by atoms with Gasteiger partial charge in [-0.1, -0.05) is 18.2 Å². The molecule has 0 aliphatic heterocycles. The Morgan fingerprint density at radius 3 is 2.43 bits per heavy atom. The van der Waals surface area contributed by atoms with Gasteiger partial charge in [-0.25, -0.2) is 8.42 Å². The maximum atomic E-state index is 12.3. The molecule has 0 aliphatic carbocycles. The number of hydrogen-bond donors (Lipinski definition) is 1. The smallest absolute Gasteiger partial charge is 0.253 e. The van der Waals surface area contributed by atoms with Crippen molar-refractivity contribution in [2.24, 2.45) is 5.73 Å². The average Bonchev–Trinajstić information content (AvgIpc) is 2.49. The molecule has 2 aromatic rings. The summed E-state index contributed by atoms with van der Waals surface area (Å²) >= 11 is 0. The summed E-state index contributed by atoms with van der Waals surface area (Å²) in [5, 5.41) is 0. The Hall–Kier alpha value is -1.92. The summed E-state index contributed by atoms with van der Waals surface area (Å²) in [7, 11) is -3.41. The van der Waals surface area contributed by atoms with Crippen molar-refractivity contribution >= 4 is 9.84 Å². The molecule has 0 fully saturated rings. The lowest BCUT2D eigenvalue weighted by atomic mass is 10.2. The number of nitrogens with zero attached hydrogens (tertiary/aromatic N) is 1. The molecule has 112 valence electrons. The molecule has 1 aromatic carbocycles. The predicted molar refractivity (Wildman–Crippen MR) is 81.8 cm³/mol. The van der Waals surface area contributed by atoms with Gasteiger partial charge in [0.15, 0.2) is 9.84 Å². The number of aryl methyl sites for hydroxylation is 2. The van der Waals surface area contributed by atoms with E-state index < -0.39 is 9.84 Å². The summed E-state index contributed by atoms with van der Waals surface area (Å²) in [6, 6.07) is 9.95. The van der Waals surface area contributed by atoms with E-state index in [1.807, 2.05) is 0 Å². The normalized spacial score (nSPS) is 11.5. The lowest BCUT2D eigenvalue weighted by molar-refractivity contribution is 0.587. The van der Waals surface area contributed by atoms with Gasteiger partial charge in [0.2, 0.25) is 0 Å². The number of aromatic nitrogens is 1. The van der Waals surface area contributed by atoms with E-state index in [0.717, 1.165) is 5.56 Å². The topological polar surface area (TPSA) is 82.2 Å². The van der Waals surface area contributed by atoms with Gasteiger partial charge in [-0.05, 0) is 30.7 Å². The van der Waals surface area contributed by atoms with Crippen LogP contribution in [-0.2, 0) is 22.9 Å². The number of hydrogen-bond acceptors (Lipinski definition) is 4. The van der Waals surface area contributed by atoms with Crippen LogP contribution in [0.1, 0.15) is 11.1 Å². The molecule has 0 bridgehead atoms. The fourth-order valence-electron chi connectivity index (χ4n) is 2.00. The minimum absolute atomic E-state index is 0.113. The highest BCUT2D eigenvalue weighted by Crippen LogP contribution is 2.12. The van der Waals surface area contributed by atoms with Crippen LogP contribution in [-0.4, -0.2) is 18.7 Å². The lowest BCUT2D eigenvalue weighted by Gasteiger charge is -2.08. The summed E-state index contributed by atoms with van der Waals surface area (Å²) in [5.74, 6) is -0.113. The van der Waals surface area contributed by atoms with Gasteiger partial charge < -0.3 is 10.3 Å². The summed E-state index contributed by atoms with van der Waals surface area (Å²) in [4.78, 5) is 12.1. The molecule has 0 saturated carbocycles. The summed E-state index contributed by atoms with van der Waals surface area (Å²) in [5.41, 5.74) is 6.80. The number of benzene rings is 1. The highest BCUT2D eigenvalue weighted by molar-refractivity contribution is 7.91. The molecule has 0 radical (unpaired) electrons. The van der Waals surface area contributed by atoms with E-state index in [1.54, 1.807) is 49.5 Å². The molecule has 1 heterocycles. The zero-order chi connectivity index (χ0) is 15.5. The quantitative estimate of drug-likeness (QED) is 0.896. The van der Waals surface area contributed by atoms with Gasteiger partial charge in [0.1, 0.15) is 0 Å². The van der Waals surface area contributed by atoms with E-state index in [2.05, 4.69) is 0 Å². The number of pyridine rings is 1. The Labute approximate surface area is 124 Å². The standard InChI is InChI=1S/C15H18N2O3S/c1-12-3-2-8-17(15(12)18)9-10-21(19,20)14-6-4-13(11-16)5-7-14/h2-8H,9-11,16H2,1H3. The van der Waals surface area contributed by atoms with Crippen molar-refractivity contribution in [3.63, 3.8) is 0 Å². The Bertz CT molecular complexity index is 777. The van der Waals surface area contributed by atoms with Crippen molar-refractivity contribution < 1.29 is 8.42 Å². The van der Waals surface area contributed by atoms with Crippen LogP contribution in [0.3, 0.4) is 0 Å². The molecule has 2 N–H and O–H groups in total. The van der Waals surface area contributed by atoms with Crippen LogP contribution in [0.4, 0.5) is 0 Å². The van der Waals surface area contributed by atoms with E-state index in [4.69, 9.17) is 5.73 Å². The molecule has 0 saturated heterocycles. The van der Waals surface area contributed by atoms with Crippen molar-refractivity contribution in [2.75, 3.05) is 5.75 Å². The Morgan fingerprint density at radius 2 is 1.81 bits per heavy atom. The van der Waals surface area contributed by atoms with Crippen LogP contribution in [0.2, 0.25) is 0 Å². The maximum Gasteiger partial charge on any atom is 0.253 e. The minimum Gasteiger partial charge on any atom is -0.326 e. The average molecular weight is 306 g/mol. The Kier molecular flexibility index (Phi) is 4.59. The molecule has 6 heteroatoms. The Morgan fingerprint density at radius 1 is 1.14 bits per heavy atom. The van der Waals surface area contributed by atoms with Crippen LogP contribution >= 0.6 is 0 Å². The third kappa shape index (κ3) is 3.59. The van der Waals surface area contributed by atoms with Crippen LogP contribution in [0.25, 0.3) is 0 Å². The van der Waals surface area contributed by atoms with Crippen molar-refractivity contribution in [3.8, 4) is 0 Å². The van der Waals surface area contributed by atoms with Gasteiger partial charge in [0, 0.05) is 24.8 Å². The van der Waals surface area contributed by atoms with Crippen LogP contribution in [0.15, 0.2) is 52.3 Å². The molecule has 0 atom stereocenters. The van der Waals surface area contributed by atoms with Crippen LogP contribution in [0, 0.1) is 6.92 Å². The van der Waals surface area contributed by atoms with Crippen molar-refractivity contribution in [3.05, 3.63) is 64.1 Å². The van der Waals surface area contributed by atoms with E-state index in [1.165, 1.54) is 4.57 Å². The molecule has 21 heavy (non-hydrogen) atoms. The lowest BCUT2D eigenvalue weighted by Crippen LogP contribution is -2.25. The second kappa shape index (κ2) is 6.24. The van der Waals surface area contributed by atoms with Gasteiger partial charge in [0.05, 0.1) is 10.6 Å². The highest BCUT2D eigenvalue weighted by Gasteiger charge is 2.14. The zero-order valence-electron chi connectivity index (χ0n) is 11.8. The molecule has 0 spiro atoms. The summed E-state index contributed by atoms with van der Waals surface area (Å²) in [6.45, 7) is 2.22. The van der Waals surface area contributed by atoms with Crippen LogP contribution < -0.4 is 11.3 Å². The van der Waals surface area contributed by atoms with Gasteiger partial charge in [0.25, 0.3) is 5.56 Å².